The van der Waals surface area contributed by atoms with E-state index in [-0.39, 0.29) is 23.5 Å². The van der Waals surface area contributed by atoms with Crippen LogP contribution in [0.4, 0.5) is 5.69 Å². The number of aryl methyl sites for hydroxylation is 1. The molecule has 2 aromatic heterocycles. The number of nitrogens with zero attached hydrogens (tertiary/aromatic N) is 5. The summed E-state index contributed by atoms with van der Waals surface area (Å²) >= 11 is 12.7. The third-order valence-electron chi connectivity index (χ3n) is 6.21. The molecule has 3 aromatic rings. The molecule has 1 aliphatic rings. The van der Waals surface area contributed by atoms with Crippen LogP contribution in [0.3, 0.4) is 0 Å². The van der Waals surface area contributed by atoms with Crippen LogP contribution in [0.15, 0.2) is 40.9 Å². The largest absolute Gasteiger partial charge is 0.349 e. The smallest absolute Gasteiger partial charge is 0.274 e. The third-order valence-corrected chi connectivity index (χ3v) is 7.83. The Morgan fingerprint density at radius 2 is 1.97 bits per heavy atom. The van der Waals surface area contributed by atoms with Crippen molar-refractivity contribution >= 4 is 51.4 Å². The van der Waals surface area contributed by atoms with Crippen LogP contribution >= 0.6 is 23.2 Å². The fraction of sp³-hybridized carbons (Fsp3) is 0.346. The maximum Gasteiger partial charge on any atom is 0.274 e. The summed E-state index contributed by atoms with van der Waals surface area (Å²) < 4.78 is 5.21. The zero-order valence-electron chi connectivity index (χ0n) is 21.0. The minimum absolute atomic E-state index is 0.0935. The molecule has 0 spiro atoms. The Bertz CT molecular complexity index is 1440. The first-order valence-corrected chi connectivity index (χ1v) is 14.6. The van der Waals surface area contributed by atoms with E-state index in [0.29, 0.717) is 38.3 Å². The highest BCUT2D eigenvalue weighted by Crippen LogP contribution is 2.28. The van der Waals surface area contributed by atoms with Gasteiger partial charge < -0.3 is 10.6 Å². The number of halogens is 2. The van der Waals surface area contributed by atoms with Gasteiger partial charge in [-0.1, -0.05) is 53.2 Å². The Labute approximate surface area is 233 Å². The molecule has 4 rings (SSSR count). The number of nitriles is 1. The molecule has 1 unspecified atom stereocenters. The van der Waals surface area contributed by atoms with Crippen LogP contribution in [-0.2, 0) is 16.4 Å². The van der Waals surface area contributed by atoms with Crippen LogP contribution in [0.2, 0.25) is 10.0 Å². The molecule has 0 aliphatic heterocycles. The van der Waals surface area contributed by atoms with Crippen LogP contribution in [0.25, 0.3) is 5.82 Å². The predicted octanol–water partition coefficient (Wildman–Crippen LogP) is 5.61. The van der Waals surface area contributed by atoms with Gasteiger partial charge in [-0.2, -0.15) is 14.7 Å². The molecule has 38 heavy (non-hydrogen) atoms. The predicted molar refractivity (Wildman–Crippen MR) is 150 cm³/mol. The first-order valence-electron chi connectivity index (χ1n) is 12.1. The van der Waals surface area contributed by atoms with E-state index < -0.39 is 16.6 Å². The third kappa shape index (κ3) is 6.59. The summed E-state index contributed by atoms with van der Waals surface area (Å²) in [7, 11) is -0.614. The van der Waals surface area contributed by atoms with Crippen LogP contribution in [0, 0.1) is 18.4 Å². The summed E-state index contributed by atoms with van der Waals surface area (Å²) in [5.74, 6) is -0.147. The van der Waals surface area contributed by atoms with Crippen molar-refractivity contribution < 1.29 is 9.59 Å². The SMILES string of the molecule is Cc1cc(Cl)cc(C(=O)NC2CCCCC2)c1NC(=O)c1cc(CS(C)=NC#N)nn1-c1ncccc1Cl. The maximum atomic E-state index is 13.7. The molecule has 0 bridgehead atoms. The van der Waals surface area contributed by atoms with E-state index in [4.69, 9.17) is 28.5 Å². The minimum atomic E-state index is -0.614. The van der Waals surface area contributed by atoms with E-state index in [0.717, 1.165) is 25.7 Å². The van der Waals surface area contributed by atoms with Gasteiger partial charge in [0.25, 0.3) is 11.8 Å². The molecule has 1 fully saturated rings. The Kier molecular flexibility index (Phi) is 9.15. The standard InChI is InChI=1S/C26H27Cl2N7O2S/c1-16-11-17(27)12-20(25(36)32-18-7-4-3-5-8-18)23(16)33-26(37)22-13-19(14-38(2)31-15-29)34-35(22)24-21(28)9-6-10-30-24/h6,9-13,18H,3-5,7-8,14H2,1-2H3,(H,32,36)(H,33,37). The van der Waals surface area contributed by atoms with Crippen molar-refractivity contribution in [1.29, 1.82) is 5.26 Å². The van der Waals surface area contributed by atoms with E-state index in [1.165, 1.54) is 11.1 Å². The highest BCUT2D eigenvalue weighted by Gasteiger charge is 2.24. The summed E-state index contributed by atoms with van der Waals surface area (Å²) in [6.07, 6.45) is 10.3. The van der Waals surface area contributed by atoms with Gasteiger partial charge in [0.15, 0.2) is 5.82 Å². The molecule has 1 atom stereocenters. The average Bonchev–Trinajstić information content (AvgIpc) is 3.29. The molecule has 0 radical (unpaired) electrons. The van der Waals surface area contributed by atoms with E-state index in [1.54, 1.807) is 49.6 Å². The number of carbonyl (C=O) groups is 2. The Hall–Kier alpha value is -3.26. The number of carbonyl (C=O) groups excluding carboxylic acids is 2. The number of pyridine rings is 1. The molecule has 9 nitrogen and oxygen atoms in total. The van der Waals surface area contributed by atoms with Gasteiger partial charge in [-0.15, -0.1) is 0 Å². The summed E-state index contributed by atoms with van der Waals surface area (Å²) in [6.45, 7) is 1.78. The lowest BCUT2D eigenvalue weighted by molar-refractivity contribution is 0.0928. The Balaban J connectivity index is 1.70. The number of nitrogens with one attached hydrogen (secondary N) is 2. The monoisotopic (exact) mass is 571 g/mol. The van der Waals surface area contributed by atoms with Gasteiger partial charge in [-0.25, -0.2) is 9.67 Å². The quantitative estimate of drug-likeness (QED) is 0.356. The lowest BCUT2D eigenvalue weighted by Gasteiger charge is -2.24. The lowest BCUT2D eigenvalue weighted by atomic mass is 9.95. The van der Waals surface area contributed by atoms with Gasteiger partial charge >= 0.3 is 0 Å². The maximum absolute atomic E-state index is 13.7. The zero-order valence-corrected chi connectivity index (χ0v) is 23.3. The molecule has 2 amide bonds. The average molecular weight is 573 g/mol. The number of aromatic nitrogens is 3. The normalized spacial score (nSPS) is 14.6. The molecular formula is C26H27Cl2N7O2S. The fourth-order valence-corrected chi connectivity index (χ4v) is 5.70. The van der Waals surface area contributed by atoms with Crippen molar-refractivity contribution in [2.24, 2.45) is 4.36 Å². The van der Waals surface area contributed by atoms with Crippen molar-refractivity contribution in [3.63, 3.8) is 0 Å². The lowest BCUT2D eigenvalue weighted by Crippen LogP contribution is -2.36. The van der Waals surface area contributed by atoms with Crippen molar-refractivity contribution in [2.75, 3.05) is 11.6 Å². The summed E-state index contributed by atoms with van der Waals surface area (Å²) in [4.78, 5) is 31.2. The van der Waals surface area contributed by atoms with Gasteiger partial charge in [0.2, 0.25) is 6.19 Å². The van der Waals surface area contributed by atoms with Gasteiger partial charge in [-0.05, 0) is 61.9 Å². The molecule has 1 saturated carbocycles. The highest BCUT2D eigenvalue weighted by molar-refractivity contribution is 7.85. The topological polar surface area (TPSA) is 125 Å². The van der Waals surface area contributed by atoms with E-state index in [2.05, 4.69) is 25.1 Å². The molecule has 12 heteroatoms. The number of anilines is 1. The van der Waals surface area contributed by atoms with Crippen molar-refractivity contribution in [3.8, 4) is 12.0 Å². The second-order valence-corrected chi connectivity index (χ2v) is 11.6. The van der Waals surface area contributed by atoms with Gasteiger partial charge in [0.1, 0.15) is 5.69 Å². The first kappa shape index (κ1) is 27.8. The molecule has 1 aliphatic carbocycles. The Morgan fingerprint density at radius 3 is 2.68 bits per heavy atom. The highest BCUT2D eigenvalue weighted by atomic mass is 35.5. The number of hydrogen-bond acceptors (Lipinski definition) is 6. The number of amides is 2. The summed E-state index contributed by atoms with van der Waals surface area (Å²) in [6, 6.07) is 8.30. The number of hydrogen-bond donors (Lipinski definition) is 2. The fourth-order valence-electron chi connectivity index (χ4n) is 4.45. The summed E-state index contributed by atoms with van der Waals surface area (Å²) in [5, 5.41) is 20.1. The van der Waals surface area contributed by atoms with E-state index >= 15 is 0 Å². The van der Waals surface area contributed by atoms with Gasteiger partial charge in [0, 0.05) is 23.0 Å². The van der Waals surface area contributed by atoms with Crippen molar-refractivity contribution in [3.05, 3.63) is 69.1 Å². The Morgan fingerprint density at radius 1 is 1.21 bits per heavy atom. The minimum Gasteiger partial charge on any atom is -0.349 e. The first-order chi connectivity index (χ1) is 18.3. The summed E-state index contributed by atoms with van der Waals surface area (Å²) in [5.41, 5.74) is 2.01. The van der Waals surface area contributed by atoms with Crippen LogP contribution in [0.1, 0.15) is 64.2 Å². The van der Waals surface area contributed by atoms with Crippen molar-refractivity contribution in [2.45, 2.75) is 50.8 Å². The second-order valence-electron chi connectivity index (χ2n) is 9.09. The van der Waals surface area contributed by atoms with Gasteiger partial charge in [0.05, 0.1) is 22.0 Å². The second kappa shape index (κ2) is 12.5. The number of rotatable bonds is 7. The van der Waals surface area contributed by atoms with Gasteiger partial charge in [-0.3, -0.25) is 9.59 Å². The van der Waals surface area contributed by atoms with Crippen LogP contribution in [0.5, 0.6) is 0 Å². The van der Waals surface area contributed by atoms with Crippen molar-refractivity contribution in [1.82, 2.24) is 20.1 Å². The molecular weight excluding hydrogens is 545 g/mol. The number of benzene rings is 1. The molecule has 1 aromatic carbocycles. The molecule has 198 valence electrons. The molecule has 2 heterocycles. The molecule has 0 saturated heterocycles. The van der Waals surface area contributed by atoms with Crippen LogP contribution in [-0.4, -0.2) is 38.9 Å². The van der Waals surface area contributed by atoms with Crippen LogP contribution < -0.4 is 10.6 Å². The zero-order chi connectivity index (χ0) is 27.2. The molecule has 2 N–H and O–H groups in total. The van der Waals surface area contributed by atoms with E-state index in [1.807, 2.05) is 6.26 Å². The van der Waals surface area contributed by atoms with E-state index in [9.17, 15) is 9.59 Å².